The van der Waals surface area contributed by atoms with Gasteiger partial charge in [0.2, 0.25) is 0 Å². The summed E-state index contributed by atoms with van der Waals surface area (Å²) >= 11 is 0. The monoisotopic (exact) mass is 228 g/mol. The van der Waals surface area contributed by atoms with Gasteiger partial charge in [-0.25, -0.2) is 9.50 Å². The maximum atomic E-state index is 5.02. The van der Waals surface area contributed by atoms with Gasteiger partial charge in [-0.2, -0.15) is 5.10 Å². The number of hydrogen-bond donors (Lipinski definition) is 1. The van der Waals surface area contributed by atoms with Crippen LogP contribution < -0.4 is 5.32 Å². The zero-order valence-electron chi connectivity index (χ0n) is 9.42. The van der Waals surface area contributed by atoms with Crippen molar-refractivity contribution in [3.05, 3.63) is 48.3 Å². The number of fused-ring (bicyclic) bond motifs is 1. The molecule has 0 saturated heterocycles. The number of aryl methyl sites for hydroxylation is 1. The van der Waals surface area contributed by atoms with Gasteiger partial charge in [-0.1, -0.05) is 0 Å². The second-order valence-electron chi connectivity index (χ2n) is 3.88. The van der Waals surface area contributed by atoms with Crippen LogP contribution in [0.1, 0.15) is 11.3 Å². The molecule has 3 heterocycles. The normalized spacial score (nSPS) is 10.9. The highest BCUT2D eigenvalue weighted by Gasteiger charge is 2.04. The van der Waals surface area contributed by atoms with Crippen LogP contribution in [-0.2, 0) is 6.54 Å². The van der Waals surface area contributed by atoms with Crippen molar-refractivity contribution in [1.82, 2.24) is 14.6 Å². The largest absolute Gasteiger partial charge is 0.472 e. The van der Waals surface area contributed by atoms with Crippen LogP contribution in [0.2, 0.25) is 0 Å². The minimum Gasteiger partial charge on any atom is -0.472 e. The van der Waals surface area contributed by atoms with E-state index in [4.69, 9.17) is 4.42 Å². The topological polar surface area (TPSA) is 55.4 Å². The second-order valence-corrected chi connectivity index (χ2v) is 3.88. The molecular weight excluding hydrogens is 216 g/mol. The molecule has 3 aromatic heterocycles. The van der Waals surface area contributed by atoms with Gasteiger partial charge in [-0.05, 0) is 19.1 Å². The summed E-state index contributed by atoms with van der Waals surface area (Å²) < 4.78 is 6.84. The van der Waals surface area contributed by atoms with E-state index >= 15 is 0 Å². The molecule has 3 aromatic rings. The van der Waals surface area contributed by atoms with Gasteiger partial charge in [0.25, 0.3) is 0 Å². The standard InChI is InChI=1S/C12H12N4O/c1-9-6-11-12(13-3-4-16(11)15-9)14-7-10-2-5-17-8-10/h2-6,8H,7H2,1H3,(H,13,14). The molecule has 0 aliphatic rings. The fourth-order valence-corrected chi connectivity index (χ4v) is 1.76. The van der Waals surface area contributed by atoms with E-state index in [1.54, 1.807) is 18.7 Å². The first-order valence-electron chi connectivity index (χ1n) is 5.39. The summed E-state index contributed by atoms with van der Waals surface area (Å²) in [5, 5.41) is 7.61. The highest BCUT2D eigenvalue weighted by atomic mass is 16.3. The van der Waals surface area contributed by atoms with E-state index in [0.717, 1.165) is 22.6 Å². The molecule has 0 atom stereocenters. The minimum absolute atomic E-state index is 0.688. The fourth-order valence-electron chi connectivity index (χ4n) is 1.76. The van der Waals surface area contributed by atoms with Crippen molar-refractivity contribution in [2.45, 2.75) is 13.5 Å². The van der Waals surface area contributed by atoms with Crippen molar-refractivity contribution in [2.24, 2.45) is 0 Å². The molecule has 0 radical (unpaired) electrons. The van der Waals surface area contributed by atoms with Crippen LogP contribution in [-0.4, -0.2) is 14.6 Å². The van der Waals surface area contributed by atoms with Gasteiger partial charge in [0, 0.05) is 24.5 Å². The van der Waals surface area contributed by atoms with Crippen LogP contribution in [0.3, 0.4) is 0 Å². The second kappa shape index (κ2) is 3.93. The van der Waals surface area contributed by atoms with Crippen LogP contribution >= 0.6 is 0 Å². The molecule has 0 bridgehead atoms. The Labute approximate surface area is 98.1 Å². The molecule has 0 fully saturated rings. The Balaban J connectivity index is 1.89. The molecule has 3 rings (SSSR count). The van der Waals surface area contributed by atoms with Gasteiger partial charge in [0.15, 0.2) is 5.82 Å². The van der Waals surface area contributed by atoms with E-state index in [-0.39, 0.29) is 0 Å². The Morgan fingerprint density at radius 3 is 3.24 bits per heavy atom. The SMILES string of the molecule is Cc1cc2c(NCc3ccoc3)nccn2n1. The van der Waals surface area contributed by atoms with E-state index < -0.39 is 0 Å². The highest BCUT2D eigenvalue weighted by Crippen LogP contribution is 2.15. The number of hydrogen-bond acceptors (Lipinski definition) is 4. The molecule has 0 aliphatic heterocycles. The quantitative estimate of drug-likeness (QED) is 0.747. The number of aromatic nitrogens is 3. The van der Waals surface area contributed by atoms with E-state index in [9.17, 15) is 0 Å². The first kappa shape index (κ1) is 9.89. The van der Waals surface area contributed by atoms with Gasteiger partial charge >= 0.3 is 0 Å². The van der Waals surface area contributed by atoms with E-state index in [1.165, 1.54) is 0 Å². The van der Waals surface area contributed by atoms with Crippen molar-refractivity contribution in [1.29, 1.82) is 0 Å². The van der Waals surface area contributed by atoms with E-state index in [0.29, 0.717) is 6.54 Å². The summed E-state index contributed by atoms with van der Waals surface area (Å²) in [5.74, 6) is 0.828. The van der Waals surface area contributed by atoms with Gasteiger partial charge in [0.05, 0.1) is 18.2 Å². The van der Waals surface area contributed by atoms with Crippen molar-refractivity contribution >= 4 is 11.3 Å². The zero-order valence-corrected chi connectivity index (χ0v) is 9.42. The molecule has 5 nitrogen and oxygen atoms in total. The van der Waals surface area contributed by atoms with Crippen molar-refractivity contribution in [3.63, 3.8) is 0 Å². The van der Waals surface area contributed by atoms with Crippen LogP contribution in [0, 0.1) is 6.92 Å². The first-order valence-corrected chi connectivity index (χ1v) is 5.39. The lowest BCUT2D eigenvalue weighted by Crippen LogP contribution is -2.02. The third-order valence-electron chi connectivity index (χ3n) is 2.55. The van der Waals surface area contributed by atoms with Crippen LogP contribution in [0.25, 0.3) is 5.52 Å². The zero-order chi connectivity index (χ0) is 11.7. The molecule has 0 aromatic carbocycles. The molecule has 0 spiro atoms. The lowest BCUT2D eigenvalue weighted by Gasteiger charge is -2.04. The molecule has 0 amide bonds. The lowest BCUT2D eigenvalue weighted by atomic mass is 10.3. The summed E-state index contributed by atoms with van der Waals surface area (Å²) in [6, 6.07) is 3.93. The summed E-state index contributed by atoms with van der Waals surface area (Å²) in [5.41, 5.74) is 3.04. The average Bonchev–Trinajstić information content (AvgIpc) is 2.93. The predicted molar refractivity (Wildman–Crippen MR) is 63.8 cm³/mol. The number of nitrogens with one attached hydrogen (secondary N) is 1. The Hall–Kier alpha value is -2.30. The average molecular weight is 228 g/mol. The Bertz CT molecular complexity index is 627. The molecule has 1 N–H and O–H groups in total. The maximum absolute atomic E-state index is 5.02. The van der Waals surface area contributed by atoms with Crippen molar-refractivity contribution < 1.29 is 4.42 Å². The lowest BCUT2D eigenvalue weighted by molar-refractivity contribution is 0.564. The Morgan fingerprint density at radius 1 is 1.47 bits per heavy atom. The number of anilines is 1. The molecule has 0 aliphatic carbocycles. The van der Waals surface area contributed by atoms with Crippen LogP contribution in [0.15, 0.2) is 41.5 Å². The van der Waals surface area contributed by atoms with E-state index in [1.807, 2.05) is 29.8 Å². The van der Waals surface area contributed by atoms with Gasteiger partial charge < -0.3 is 9.73 Å². The Kier molecular flexibility index (Phi) is 2.29. The molecule has 5 heteroatoms. The third kappa shape index (κ3) is 1.87. The predicted octanol–water partition coefficient (Wildman–Crippen LogP) is 2.24. The summed E-state index contributed by atoms with van der Waals surface area (Å²) in [7, 11) is 0. The third-order valence-corrected chi connectivity index (χ3v) is 2.55. The van der Waals surface area contributed by atoms with Crippen LogP contribution in [0.5, 0.6) is 0 Å². The van der Waals surface area contributed by atoms with Gasteiger partial charge in [-0.15, -0.1) is 0 Å². The van der Waals surface area contributed by atoms with Gasteiger partial charge in [0.1, 0.15) is 5.52 Å². The van der Waals surface area contributed by atoms with Crippen molar-refractivity contribution in [2.75, 3.05) is 5.32 Å². The summed E-state index contributed by atoms with van der Waals surface area (Å²) in [4.78, 5) is 4.32. The molecule has 86 valence electrons. The highest BCUT2D eigenvalue weighted by molar-refractivity contribution is 5.67. The molecule has 0 unspecified atom stereocenters. The van der Waals surface area contributed by atoms with Gasteiger partial charge in [-0.3, -0.25) is 0 Å². The fraction of sp³-hybridized carbons (Fsp3) is 0.167. The number of furan rings is 1. The molecular formula is C12H12N4O. The van der Waals surface area contributed by atoms with Crippen LogP contribution in [0.4, 0.5) is 5.82 Å². The number of rotatable bonds is 3. The molecule has 17 heavy (non-hydrogen) atoms. The summed E-state index contributed by atoms with van der Waals surface area (Å²) in [6.07, 6.45) is 6.95. The number of nitrogens with zero attached hydrogens (tertiary/aromatic N) is 3. The molecule has 0 saturated carbocycles. The maximum Gasteiger partial charge on any atom is 0.152 e. The Morgan fingerprint density at radius 2 is 2.41 bits per heavy atom. The van der Waals surface area contributed by atoms with E-state index in [2.05, 4.69) is 15.4 Å². The first-order chi connectivity index (χ1) is 8.33. The smallest absolute Gasteiger partial charge is 0.152 e. The van der Waals surface area contributed by atoms with Crippen molar-refractivity contribution in [3.8, 4) is 0 Å². The summed E-state index contributed by atoms with van der Waals surface area (Å²) in [6.45, 7) is 2.65. The minimum atomic E-state index is 0.688.